The molecule has 0 amide bonds. The monoisotopic (exact) mass is 265 g/mol. The van der Waals surface area contributed by atoms with Crippen LogP contribution in [0, 0.1) is 5.41 Å². The van der Waals surface area contributed by atoms with Crippen LogP contribution in [0.5, 0.6) is 0 Å². The summed E-state index contributed by atoms with van der Waals surface area (Å²) < 4.78 is 2.17. The fraction of sp³-hybridized carbons (Fsp3) is 0.812. The van der Waals surface area contributed by atoms with Crippen molar-refractivity contribution in [3.05, 3.63) is 18.7 Å². The third-order valence-corrected chi connectivity index (χ3v) is 3.67. The smallest absolute Gasteiger partial charge is 0.0946 e. The van der Waals surface area contributed by atoms with Gasteiger partial charge in [-0.3, -0.25) is 0 Å². The molecule has 0 bridgehead atoms. The lowest BCUT2D eigenvalue weighted by Gasteiger charge is -2.32. The number of imidazole rings is 1. The number of unbranched alkanes of at least 4 members (excludes halogenated alkanes) is 4. The second kappa shape index (κ2) is 8.36. The van der Waals surface area contributed by atoms with Crippen molar-refractivity contribution in [3.8, 4) is 0 Å². The SMILES string of the molecule is CCCCCCCNC(Cn1ccnc1)C(C)(C)C. The molecule has 0 aliphatic heterocycles. The maximum absolute atomic E-state index is 4.12. The highest BCUT2D eigenvalue weighted by atomic mass is 15.1. The molecule has 1 rings (SSSR count). The first kappa shape index (κ1) is 16.2. The first-order valence-electron chi connectivity index (χ1n) is 7.73. The van der Waals surface area contributed by atoms with Gasteiger partial charge in [0.1, 0.15) is 0 Å². The van der Waals surface area contributed by atoms with Gasteiger partial charge in [0.05, 0.1) is 6.33 Å². The number of aromatic nitrogens is 2. The van der Waals surface area contributed by atoms with Gasteiger partial charge in [0.25, 0.3) is 0 Å². The van der Waals surface area contributed by atoms with E-state index in [0.717, 1.165) is 13.1 Å². The van der Waals surface area contributed by atoms with E-state index < -0.39 is 0 Å². The van der Waals surface area contributed by atoms with Crippen LogP contribution in [0.15, 0.2) is 18.7 Å². The molecule has 0 spiro atoms. The highest BCUT2D eigenvalue weighted by Crippen LogP contribution is 2.20. The Kier molecular flexibility index (Phi) is 7.14. The molecule has 1 unspecified atom stereocenters. The Hall–Kier alpha value is -0.830. The second-order valence-electron chi connectivity index (χ2n) is 6.55. The summed E-state index contributed by atoms with van der Waals surface area (Å²) in [4.78, 5) is 4.12. The van der Waals surface area contributed by atoms with Gasteiger partial charge in [-0.15, -0.1) is 0 Å². The average Bonchev–Trinajstić information content (AvgIpc) is 2.83. The highest BCUT2D eigenvalue weighted by molar-refractivity contribution is 4.84. The number of nitrogens with zero attached hydrogens (tertiary/aromatic N) is 2. The minimum absolute atomic E-state index is 0.272. The molecule has 0 saturated carbocycles. The van der Waals surface area contributed by atoms with E-state index in [1.54, 1.807) is 0 Å². The van der Waals surface area contributed by atoms with Crippen molar-refractivity contribution >= 4 is 0 Å². The van der Waals surface area contributed by atoms with Crippen molar-refractivity contribution < 1.29 is 0 Å². The van der Waals surface area contributed by atoms with Crippen LogP contribution in [-0.4, -0.2) is 22.1 Å². The lowest BCUT2D eigenvalue weighted by Crippen LogP contribution is -2.43. The van der Waals surface area contributed by atoms with Gasteiger partial charge in [0.15, 0.2) is 0 Å². The number of hydrogen-bond acceptors (Lipinski definition) is 2. The molecule has 3 nitrogen and oxygen atoms in total. The zero-order chi connectivity index (χ0) is 14.1. The van der Waals surface area contributed by atoms with Crippen LogP contribution in [0.1, 0.15) is 59.8 Å². The van der Waals surface area contributed by atoms with Crippen molar-refractivity contribution in [2.24, 2.45) is 5.41 Å². The molecule has 1 N–H and O–H groups in total. The maximum atomic E-state index is 4.12. The van der Waals surface area contributed by atoms with Crippen molar-refractivity contribution in [1.29, 1.82) is 0 Å². The summed E-state index contributed by atoms with van der Waals surface area (Å²) >= 11 is 0. The van der Waals surface area contributed by atoms with Gasteiger partial charge in [-0.05, 0) is 18.4 Å². The Morgan fingerprint density at radius 1 is 1.16 bits per heavy atom. The van der Waals surface area contributed by atoms with Gasteiger partial charge in [-0.25, -0.2) is 4.98 Å². The molecular weight excluding hydrogens is 234 g/mol. The fourth-order valence-corrected chi connectivity index (χ4v) is 2.25. The van der Waals surface area contributed by atoms with Crippen molar-refractivity contribution in [2.45, 2.75) is 72.4 Å². The van der Waals surface area contributed by atoms with Crippen LogP contribution in [0.3, 0.4) is 0 Å². The first-order valence-corrected chi connectivity index (χ1v) is 7.73. The summed E-state index contributed by atoms with van der Waals surface area (Å²) in [7, 11) is 0. The third-order valence-electron chi connectivity index (χ3n) is 3.67. The molecule has 3 heteroatoms. The third kappa shape index (κ3) is 6.76. The quantitative estimate of drug-likeness (QED) is 0.687. The zero-order valence-corrected chi connectivity index (χ0v) is 13.2. The summed E-state index contributed by atoms with van der Waals surface area (Å²) in [6, 6.07) is 0.493. The normalized spacial score (nSPS) is 13.7. The van der Waals surface area contributed by atoms with Gasteiger partial charge in [-0.2, -0.15) is 0 Å². The molecule has 0 fully saturated rings. The van der Waals surface area contributed by atoms with E-state index >= 15 is 0 Å². The molecule has 19 heavy (non-hydrogen) atoms. The summed E-state index contributed by atoms with van der Waals surface area (Å²) in [6.45, 7) is 11.3. The standard InChI is InChI=1S/C16H31N3/c1-5-6-7-8-9-10-18-15(16(2,3)4)13-19-12-11-17-14-19/h11-12,14-15,18H,5-10,13H2,1-4H3. The van der Waals surface area contributed by atoms with Gasteiger partial charge >= 0.3 is 0 Å². The van der Waals surface area contributed by atoms with Crippen LogP contribution < -0.4 is 5.32 Å². The van der Waals surface area contributed by atoms with Gasteiger partial charge in [0.2, 0.25) is 0 Å². The first-order chi connectivity index (χ1) is 9.04. The van der Waals surface area contributed by atoms with E-state index in [4.69, 9.17) is 0 Å². The molecular formula is C16H31N3. The summed E-state index contributed by atoms with van der Waals surface area (Å²) in [6.07, 6.45) is 12.5. The number of hydrogen-bond donors (Lipinski definition) is 1. The van der Waals surface area contributed by atoms with Crippen LogP contribution in [0.2, 0.25) is 0 Å². The molecule has 0 aromatic carbocycles. The zero-order valence-electron chi connectivity index (χ0n) is 13.2. The molecule has 1 atom stereocenters. The number of nitrogens with one attached hydrogen (secondary N) is 1. The summed E-state index contributed by atoms with van der Waals surface area (Å²) in [5.74, 6) is 0. The van der Waals surface area contributed by atoms with Crippen LogP contribution in [0.4, 0.5) is 0 Å². The predicted molar refractivity (Wildman–Crippen MR) is 82.2 cm³/mol. The van der Waals surface area contributed by atoms with E-state index in [1.807, 2.05) is 18.7 Å². The molecule has 0 aliphatic rings. The Labute approximate surface area is 118 Å². The van der Waals surface area contributed by atoms with E-state index in [1.165, 1.54) is 32.1 Å². The molecule has 0 aliphatic carbocycles. The Morgan fingerprint density at radius 3 is 2.47 bits per heavy atom. The highest BCUT2D eigenvalue weighted by Gasteiger charge is 2.24. The fourth-order valence-electron chi connectivity index (χ4n) is 2.25. The van der Waals surface area contributed by atoms with Crippen LogP contribution >= 0.6 is 0 Å². The van der Waals surface area contributed by atoms with Gasteiger partial charge in [-0.1, -0.05) is 53.4 Å². The van der Waals surface area contributed by atoms with Crippen molar-refractivity contribution in [2.75, 3.05) is 6.54 Å². The summed E-state index contributed by atoms with van der Waals surface area (Å²) in [5.41, 5.74) is 0.272. The molecule has 1 aromatic heterocycles. The number of rotatable bonds is 9. The molecule has 0 saturated heterocycles. The molecule has 1 heterocycles. The summed E-state index contributed by atoms with van der Waals surface area (Å²) in [5, 5.41) is 3.73. The van der Waals surface area contributed by atoms with Gasteiger partial charge < -0.3 is 9.88 Å². The lowest BCUT2D eigenvalue weighted by atomic mass is 9.86. The maximum Gasteiger partial charge on any atom is 0.0946 e. The topological polar surface area (TPSA) is 29.9 Å². The minimum Gasteiger partial charge on any atom is -0.336 e. The Bertz CT molecular complexity index is 311. The van der Waals surface area contributed by atoms with Crippen LogP contribution in [-0.2, 0) is 6.54 Å². The van der Waals surface area contributed by atoms with Crippen molar-refractivity contribution in [3.63, 3.8) is 0 Å². The minimum atomic E-state index is 0.272. The second-order valence-corrected chi connectivity index (χ2v) is 6.55. The van der Waals surface area contributed by atoms with E-state index in [0.29, 0.717) is 6.04 Å². The predicted octanol–water partition coefficient (Wildman–Crippen LogP) is 3.86. The largest absolute Gasteiger partial charge is 0.336 e. The Balaban J connectivity index is 2.30. The molecule has 0 radical (unpaired) electrons. The van der Waals surface area contributed by atoms with Gasteiger partial charge in [0, 0.05) is 25.0 Å². The van der Waals surface area contributed by atoms with E-state index in [2.05, 4.69) is 42.6 Å². The Morgan fingerprint density at radius 2 is 1.89 bits per heavy atom. The van der Waals surface area contributed by atoms with Crippen molar-refractivity contribution in [1.82, 2.24) is 14.9 Å². The van der Waals surface area contributed by atoms with E-state index in [9.17, 15) is 0 Å². The average molecular weight is 265 g/mol. The lowest BCUT2D eigenvalue weighted by molar-refractivity contribution is 0.241. The van der Waals surface area contributed by atoms with E-state index in [-0.39, 0.29) is 5.41 Å². The molecule has 1 aromatic rings. The molecule has 110 valence electrons. The van der Waals surface area contributed by atoms with Crippen LogP contribution in [0.25, 0.3) is 0 Å².